The highest BCUT2D eigenvalue weighted by Gasteiger charge is 2.23. The predicted molar refractivity (Wildman–Crippen MR) is 178 cm³/mol. The lowest BCUT2D eigenvalue weighted by Crippen LogP contribution is -2.04. The van der Waals surface area contributed by atoms with Crippen molar-refractivity contribution in [3.63, 3.8) is 0 Å². The van der Waals surface area contributed by atoms with Crippen molar-refractivity contribution in [1.82, 2.24) is 14.5 Å². The molecule has 3 aromatic heterocycles. The molecule has 0 bridgehead atoms. The third kappa shape index (κ3) is 2.84. The summed E-state index contributed by atoms with van der Waals surface area (Å²) >= 11 is 1.88. The maximum Gasteiger partial charge on any atom is 0.165 e. The maximum atomic E-state index is 5.37. The zero-order valence-corrected chi connectivity index (χ0v) is 23.2. The van der Waals surface area contributed by atoms with Gasteiger partial charge in [-0.1, -0.05) is 97.1 Å². The zero-order chi connectivity index (χ0) is 27.4. The van der Waals surface area contributed by atoms with E-state index in [1.165, 1.54) is 58.0 Å². The van der Waals surface area contributed by atoms with Gasteiger partial charge in [0, 0.05) is 41.9 Å². The van der Waals surface area contributed by atoms with Gasteiger partial charge in [-0.3, -0.25) is 4.57 Å². The zero-order valence-electron chi connectivity index (χ0n) is 22.4. The molecule has 0 fully saturated rings. The van der Waals surface area contributed by atoms with Crippen LogP contribution in [-0.4, -0.2) is 14.5 Å². The summed E-state index contributed by atoms with van der Waals surface area (Å²) in [5.74, 6) is 0.848. The van der Waals surface area contributed by atoms with Crippen LogP contribution in [0.25, 0.3) is 91.6 Å². The minimum atomic E-state index is 0.848. The molecule has 0 N–H and O–H groups in total. The lowest BCUT2D eigenvalue weighted by atomic mass is 9.93. The molecular formula is C38H21N3S. The molecule has 3 heterocycles. The molecule has 42 heavy (non-hydrogen) atoms. The summed E-state index contributed by atoms with van der Waals surface area (Å²) in [7, 11) is 0. The van der Waals surface area contributed by atoms with Crippen molar-refractivity contribution in [2.45, 2.75) is 0 Å². The van der Waals surface area contributed by atoms with Crippen LogP contribution in [0.5, 0.6) is 0 Å². The lowest BCUT2D eigenvalue weighted by molar-refractivity contribution is 1.08. The molecule has 194 valence electrons. The molecule has 0 saturated carbocycles. The summed E-state index contributed by atoms with van der Waals surface area (Å²) in [6, 6.07) is 45.5. The molecule has 0 spiro atoms. The Balaban J connectivity index is 1.50. The van der Waals surface area contributed by atoms with E-state index in [2.05, 4.69) is 108 Å². The number of aromatic nitrogens is 3. The molecular weight excluding hydrogens is 531 g/mol. The Kier molecular flexibility index (Phi) is 4.33. The van der Waals surface area contributed by atoms with Crippen LogP contribution < -0.4 is 0 Å². The molecule has 0 atom stereocenters. The minimum Gasteiger partial charge on any atom is -0.291 e. The molecule has 0 saturated heterocycles. The summed E-state index contributed by atoms with van der Waals surface area (Å²) in [5.41, 5.74) is 6.01. The first-order valence-corrected chi connectivity index (χ1v) is 15.0. The van der Waals surface area contributed by atoms with Crippen LogP contribution in [0.15, 0.2) is 127 Å². The number of para-hydroxylation sites is 3. The Morgan fingerprint density at radius 2 is 1.07 bits per heavy atom. The van der Waals surface area contributed by atoms with Gasteiger partial charge in [-0.05, 0) is 46.5 Å². The van der Waals surface area contributed by atoms with Crippen molar-refractivity contribution < 1.29 is 0 Å². The molecule has 4 heteroatoms. The molecule has 0 unspecified atom stereocenters. The third-order valence-corrected chi connectivity index (χ3v) is 9.85. The highest BCUT2D eigenvalue weighted by Crippen LogP contribution is 2.48. The minimum absolute atomic E-state index is 0.848. The summed E-state index contributed by atoms with van der Waals surface area (Å²) in [6.45, 7) is 0. The van der Waals surface area contributed by atoms with Gasteiger partial charge in [-0.15, -0.1) is 11.3 Å². The second kappa shape index (κ2) is 8.12. The monoisotopic (exact) mass is 551 g/mol. The van der Waals surface area contributed by atoms with Gasteiger partial charge >= 0.3 is 0 Å². The van der Waals surface area contributed by atoms with Gasteiger partial charge in [0.2, 0.25) is 0 Å². The van der Waals surface area contributed by atoms with Gasteiger partial charge in [0.15, 0.2) is 5.82 Å². The molecule has 0 amide bonds. The fourth-order valence-corrected chi connectivity index (χ4v) is 8.17. The van der Waals surface area contributed by atoms with E-state index >= 15 is 0 Å². The third-order valence-electron chi connectivity index (χ3n) is 8.73. The van der Waals surface area contributed by atoms with E-state index in [1.54, 1.807) is 0 Å². The maximum absolute atomic E-state index is 5.37. The molecule has 10 rings (SSSR count). The highest BCUT2D eigenvalue weighted by atomic mass is 32.1. The van der Waals surface area contributed by atoms with E-state index in [1.807, 2.05) is 35.6 Å². The molecule has 0 radical (unpaired) electrons. The van der Waals surface area contributed by atoms with Crippen LogP contribution in [0, 0.1) is 0 Å². The molecule has 7 aromatic carbocycles. The topological polar surface area (TPSA) is 30.7 Å². The lowest BCUT2D eigenvalue weighted by Gasteiger charge is -2.16. The van der Waals surface area contributed by atoms with Crippen molar-refractivity contribution in [3.8, 4) is 17.1 Å². The Hall–Kier alpha value is -5.32. The predicted octanol–water partition coefficient (Wildman–Crippen LogP) is 10.5. The fraction of sp³-hybridized carbons (Fsp3) is 0. The SMILES string of the molecule is c1ccc(-c2nc3ccccc3nc2-n2c3ccccc3c3ccc4c5cccc6sc7cccc(c7c65)c4c32)cc1. The van der Waals surface area contributed by atoms with Gasteiger partial charge in [0.1, 0.15) is 5.69 Å². The average Bonchev–Trinajstić information content (AvgIpc) is 3.60. The standard InChI is InChI=1S/C38H21N3S/c1-2-10-22(11-3-1)36-38(40-29-16-6-5-15-28(29)39-36)41-30-17-7-4-12-23(30)26-21-20-25-24-13-8-18-31-34(24)35-27(33(25)37(26)41)14-9-19-32(35)42-31/h1-21H. The van der Waals surface area contributed by atoms with Gasteiger partial charge in [0.25, 0.3) is 0 Å². The quantitative estimate of drug-likeness (QED) is 0.200. The van der Waals surface area contributed by atoms with E-state index in [9.17, 15) is 0 Å². The first kappa shape index (κ1) is 22.4. The largest absolute Gasteiger partial charge is 0.291 e. The Bertz CT molecular complexity index is 2680. The first-order valence-electron chi connectivity index (χ1n) is 14.2. The molecule has 10 aromatic rings. The van der Waals surface area contributed by atoms with Gasteiger partial charge in [-0.2, -0.15) is 0 Å². The first-order chi connectivity index (χ1) is 20.8. The summed E-state index contributed by atoms with van der Waals surface area (Å²) in [6.07, 6.45) is 0. The number of benzene rings is 7. The molecule has 0 aliphatic carbocycles. The Morgan fingerprint density at radius 3 is 1.90 bits per heavy atom. The van der Waals surface area contributed by atoms with Gasteiger partial charge in [0.05, 0.1) is 22.1 Å². The summed E-state index contributed by atoms with van der Waals surface area (Å²) in [5, 5.41) is 10.3. The fourth-order valence-electron chi connectivity index (χ4n) is 7.01. The van der Waals surface area contributed by atoms with Crippen molar-refractivity contribution in [2.75, 3.05) is 0 Å². The number of fused-ring (bicyclic) bond motifs is 8. The van der Waals surface area contributed by atoms with Crippen LogP contribution in [0.1, 0.15) is 0 Å². The van der Waals surface area contributed by atoms with Gasteiger partial charge in [-0.25, -0.2) is 9.97 Å². The van der Waals surface area contributed by atoms with E-state index in [-0.39, 0.29) is 0 Å². The number of hydrogen-bond donors (Lipinski definition) is 0. The molecule has 3 nitrogen and oxygen atoms in total. The van der Waals surface area contributed by atoms with Crippen molar-refractivity contribution in [1.29, 1.82) is 0 Å². The van der Waals surface area contributed by atoms with Crippen LogP contribution in [0.3, 0.4) is 0 Å². The average molecular weight is 552 g/mol. The highest BCUT2D eigenvalue weighted by molar-refractivity contribution is 7.26. The molecule has 0 aliphatic heterocycles. The number of thiophene rings is 1. The van der Waals surface area contributed by atoms with Crippen LogP contribution in [-0.2, 0) is 0 Å². The van der Waals surface area contributed by atoms with Crippen LogP contribution in [0.4, 0.5) is 0 Å². The smallest absolute Gasteiger partial charge is 0.165 e. The van der Waals surface area contributed by atoms with E-state index in [0.717, 1.165) is 33.6 Å². The Morgan fingerprint density at radius 1 is 0.452 bits per heavy atom. The molecule has 0 aliphatic rings. The van der Waals surface area contributed by atoms with Crippen LogP contribution in [0.2, 0.25) is 0 Å². The van der Waals surface area contributed by atoms with Crippen molar-refractivity contribution >= 4 is 85.9 Å². The summed E-state index contributed by atoms with van der Waals surface area (Å²) < 4.78 is 5.05. The van der Waals surface area contributed by atoms with Crippen molar-refractivity contribution in [2.24, 2.45) is 0 Å². The van der Waals surface area contributed by atoms with E-state index in [4.69, 9.17) is 9.97 Å². The van der Waals surface area contributed by atoms with E-state index in [0.29, 0.717) is 0 Å². The van der Waals surface area contributed by atoms with Crippen molar-refractivity contribution in [3.05, 3.63) is 127 Å². The number of nitrogens with zero attached hydrogens (tertiary/aromatic N) is 3. The Labute approximate surface area is 244 Å². The second-order valence-corrected chi connectivity index (χ2v) is 12.0. The van der Waals surface area contributed by atoms with E-state index < -0.39 is 0 Å². The van der Waals surface area contributed by atoms with Gasteiger partial charge < -0.3 is 0 Å². The summed E-state index contributed by atoms with van der Waals surface area (Å²) in [4.78, 5) is 10.6. The number of rotatable bonds is 2. The number of hydrogen-bond acceptors (Lipinski definition) is 3. The second-order valence-electron chi connectivity index (χ2n) is 10.9. The van der Waals surface area contributed by atoms with Crippen LogP contribution >= 0.6 is 11.3 Å². The normalized spacial score (nSPS) is 12.3.